The average Bonchev–Trinajstić information content (AvgIpc) is 3.29. The van der Waals surface area contributed by atoms with Crippen molar-refractivity contribution >= 4 is 28.9 Å². The van der Waals surface area contributed by atoms with E-state index in [2.05, 4.69) is 25.5 Å². The third-order valence-corrected chi connectivity index (χ3v) is 4.89. The Hall–Kier alpha value is -3.68. The zero-order valence-electron chi connectivity index (χ0n) is 17.3. The highest BCUT2D eigenvalue weighted by molar-refractivity contribution is 5.92. The molecule has 2 aromatic carbocycles. The first-order chi connectivity index (χ1) is 15.1. The molecule has 4 rings (SSSR count). The number of anilines is 4. The number of halogens is 1. The van der Waals surface area contributed by atoms with E-state index in [1.165, 1.54) is 25.0 Å². The molecule has 1 aliphatic rings. The lowest BCUT2D eigenvalue weighted by Crippen LogP contribution is -2.20. The van der Waals surface area contributed by atoms with Crippen molar-refractivity contribution in [3.8, 4) is 5.75 Å². The van der Waals surface area contributed by atoms with Crippen molar-refractivity contribution in [2.75, 3.05) is 35.2 Å². The van der Waals surface area contributed by atoms with Gasteiger partial charge in [0.2, 0.25) is 0 Å². The zero-order valence-corrected chi connectivity index (χ0v) is 17.3. The predicted octanol–water partition coefficient (Wildman–Crippen LogP) is 4.29. The summed E-state index contributed by atoms with van der Waals surface area (Å²) < 4.78 is 18.8. The largest absolute Gasteiger partial charge is 0.481 e. The molecule has 1 saturated heterocycles. The van der Waals surface area contributed by atoms with Gasteiger partial charge in [-0.25, -0.2) is 14.4 Å². The minimum atomic E-state index is -0.501. The fourth-order valence-electron chi connectivity index (χ4n) is 3.41. The summed E-state index contributed by atoms with van der Waals surface area (Å²) in [5, 5.41) is 6.02. The van der Waals surface area contributed by atoms with E-state index >= 15 is 0 Å². The fourth-order valence-corrected chi connectivity index (χ4v) is 3.41. The van der Waals surface area contributed by atoms with Crippen LogP contribution in [0.4, 0.5) is 27.4 Å². The van der Waals surface area contributed by atoms with E-state index in [1.807, 2.05) is 25.1 Å². The summed E-state index contributed by atoms with van der Waals surface area (Å²) in [6, 6.07) is 15.2. The molecule has 1 fully saturated rings. The molecule has 0 unspecified atom stereocenters. The molecule has 2 heterocycles. The third kappa shape index (κ3) is 5.48. The van der Waals surface area contributed by atoms with Crippen LogP contribution >= 0.6 is 0 Å². The number of carbonyl (C=O) groups excluding carboxylic acids is 1. The van der Waals surface area contributed by atoms with Gasteiger partial charge in [-0.2, -0.15) is 0 Å². The Labute approximate surface area is 180 Å². The van der Waals surface area contributed by atoms with Crippen molar-refractivity contribution in [2.45, 2.75) is 19.8 Å². The summed E-state index contributed by atoms with van der Waals surface area (Å²) in [7, 11) is 0. The molecule has 160 valence electrons. The lowest BCUT2D eigenvalue weighted by atomic mass is 10.2. The van der Waals surface area contributed by atoms with Crippen LogP contribution < -0.4 is 20.3 Å². The van der Waals surface area contributed by atoms with Crippen molar-refractivity contribution in [3.05, 3.63) is 66.2 Å². The van der Waals surface area contributed by atoms with Crippen LogP contribution in [0.3, 0.4) is 0 Å². The number of nitrogens with one attached hydrogen (secondary N) is 2. The van der Waals surface area contributed by atoms with Crippen molar-refractivity contribution in [3.63, 3.8) is 0 Å². The van der Waals surface area contributed by atoms with Crippen molar-refractivity contribution in [1.82, 2.24) is 9.97 Å². The number of rotatable bonds is 7. The van der Waals surface area contributed by atoms with Gasteiger partial charge in [0.15, 0.2) is 18.2 Å². The average molecular weight is 421 g/mol. The number of aryl methyl sites for hydroxylation is 1. The number of amides is 1. The van der Waals surface area contributed by atoms with Gasteiger partial charge in [-0.3, -0.25) is 4.79 Å². The van der Waals surface area contributed by atoms with Gasteiger partial charge in [-0.15, -0.1) is 0 Å². The van der Waals surface area contributed by atoms with E-state index in [0.717, 1.165) is 30.4 Å². The molecule has 2 N–H and O–H groups in total. The number of nitrogens with zero attached hydrogens (tertiary/aromatic N) is 3. The summed E-state index contributed by atoms with van der Waals surface area (Å²) >= 11 is 0. The van der Waals surface area contributed by atoms with E-state index in [0.29, 0.717) is 11.5 Å². The number of para-hydroxylation sites is 1. The highest BCUT2D eigenvalue weighted by Crippen LogP contribution is 2.23. The molecular weight excluding hydrogens is 397 g/mol. The van der Waals surface area contributed by atoms with Gasteiger partial charge in [-0.1, -0.05) is 12.1 Å². The number of ether oxygens (including phenoxy) is 1. The number of hydrogen-bond acceptors (Lipinski definition) is 6. The maximum Gasteiger partial charge on any atom is 0.262 e. The summed E-state index contributed by atoms with van der Waals surface area (Å²) in [5.74, 6) is 1.55. The van der Waals surface area contributed by atoms with E-state index < -0.39 is 5.82 Å². The van der Waals surface area contributed by atoms with Gasteiger partial charge >= 0.3 is 0 Å². The van der Waals surface area contributed by atoms with Crippen LogP contribution in [0.2, 0.25) is 0 Å². The normalized spacial score (nSPS) is 13.2. The predicted molar refractivity (Wildman–Crippen MR) is 118 cm³/mol. The lowest BCUT2D eigenvalue weighted by molar-refractivity contribution is -0.118. The summed E-state index contributed by atoms with van der Waals surface area (Å²) in [6.07, 6.45) is 2.37. The molecule has 31 heavy (non-hydrogen) atoms. The van der Waals surface area contributed by atoms with Crippen LogP contribution in [0.5, 0.6) is 5.75 Å². The van der Waals surface area contributed by atoms with Gasteiger partial charge in [0.05, 0.1) is 0 Å². The SMILES string of the molecule is Cc1nc(Nc2ccc(NC(=O)COc3ccccc3F)cc2)cc(N2CCCC2)n1. The highest BCUT2D eigenvalue weighted by atomic mass is 19.1. The maximum atomic E-state index is 13.6. The Balaban J connectivity index is 1.34. The number of hydrogen-bond donors (Lipinski definition) is 2. The Morgan fingerprint density at radius 2 is 1.77 bits per heavy atom. The highest BCUT2D eigenvalue weighted by Gasteiger charge is 2.15. The Bertz CT molecular complexity index is 1050. The van der Waals surface area contributed by atoms with Crippen LogP contribution in [0, 0.1) is 12.7 Å². The van der Waals surface area contributed by atoms with Crippen molar-refractivity contribution in [2.24, 2.45) is 0 Å². The van der Waals surface area contributed by atoms with Gasteiger partial charge in [0.1, 0.15) is 17.5 Å². The maximum absolute atomic E-state index is 13.6. The number of benzene rings is 2. The second kappa shape index (κ2) is 9.42. The molecule has 7 nitrogen and oxygen atoms in total. The summed E-state index contributed by atoms with van der Waals surface area (Å²) in [4.78, 5) is 23.4. The topological polar surface area (TPSA) is 79.4 Å². The molecule has 1 aliphatic heterocycles. The number of carbonyl (C=O) groups is 1. The van der Waals surface area contributed by atoms with Crippen LogP contribution in [0.15, 0.2) is 54.6 Å². The molecule has 8 heteroatoms. The van der Waals surface area contributed by atoms with Gasteiger partial charge in [0.25, 0.3) is 5.91 Å². The smallest absolute Gasteiger partial charge is 0.262 e. The van der Waals surface area contributed by atoms with Crippen molar-refractivity contribution in [1.29, 1.82) is 0 Å². The van der Waals surface area contributed by atoms with Gasteiger partial charge in [-0.05, 0) is 56.2 Å². The second-order valence-corrected chi connectivity index (χ2v) is 7.32. The molecule has 0 atom stereocenters. The van der Waals surface area contributed by atoms with Crippen LogP contribution in [0.25, 0.3) is 0 Å². The minimum absolute atomic E-state index is 0.0469. The Morgan fingerprint density at radius 1 is 1.06 bits per heavy atom. The second-order valence-electron chi connectivity index (χ2n) is 7.32. The third-order valence-electron chi connectivity index (χ3n) is 4.89. The minimum Gasteiger partial charge on any atom is -0.481 e. The quantitative estimate of drug-likeness (QED) is 0.593. The molecule has 0 saturated carbocycles. The lowest BCUT2D eigenvalue weighted by Gasteiger charge is -2.18. The molecule has 0 spiro atoms. The molecular formula is C23H24FN5O2. The van der Waals surface area contributed by atoms with Crippen LogP contribution in [-0.4, -0.2) is 35.6 Å². The van der Waals surface area contributed by atoms with E-state index in [4.69, 9.17) is 4.74 Å². The standard InChI is InChI=1S/C23H24FN5O2/c1-16-25-21(14-22(26-16)29-12-4-5-13-29)27-17-8-10-18(11-9-17)28-23(30)15-31-20-7-3-2-6-19(20)24/h2-3,6-11,14H,4-5,12-13,15H2,1H3,(H,28,30)(H,25,26,27). The number of aromatic nitrogens is 2. The first kappa shape index (κ1) is 20.6. The first-order valence-corrected chi connectivity index (χ1v) is 10.2. The van der Waals surface area contributed by atoms with Gasteiger partial charge < -0.3 is 20.3 Å². The van der Waals surface area contributed by atoms with Gasteiger partial charge in [0, 0.05) is 30.5 Å². The molecule has 1 amide bonds. The molecule has 1 aromatic heterocycles. The van der Waals surface area contributed by atoms with Crippen LogP contribution in [0.1, 0.15) is 18.7 Å². The molecule has 0 bridgehead atoms. The van der Waals surface area contributed by atoms with E-state index in [1.54, 1.807) is 24.3 Å². The monoisotopic (exact) mass is 421 g/mol. The summed E-state index contributed by atoms with van der Waals surface area (Å²) in [5.41, 5.74) is 1.45. The molecule has 0 aliphatic carbocycles. The molecule has 3 aromatic rings. The van der Waals surface area contributed by atoms with E-state index in [-0.39, 0.29) is 18.3 Å². The zero-order chi connectivity index (χ0) is 21.6. The molecule has 0 radical (unpaired) electrons. The van der Waals surface area contributed by atoms with E-state index in [9.17, 15) is 9.18 Å². The van der Waals surface area contributed by atoms with Crippen molar-refractivity contribution < 1.29 is 13.9 Å². The first-order valence-electron chi connectivity index (χ1n) is 10.2. The fraction of sp³-hybridized carbons (Fsp3) is 0.261. The summed E-state index contributed by atoms with van der Waals surface area (Å²) in [6.45, 7) is 3.64. The van der Waals surface area contributed by atoms with Crippen LogP contribution in [-0.2, 0) is 4.79 Å². The Morgan fingerprint density at radius 3 is 2.52 bits per heavy atom. The Kier molecular flexibility index (Phi) is 6.26.